The monoisotopic (exact) mass is 597 g/mol. The normalized spacial score (nSPS) is 12.4. The summed E-state index contributed by atoms with van der Waals surface area (Å²) in [5.74, 6) is -0.483. The van der Waals surface area contributed by atoms with Crippen molar-refractivity contribution in [1.82, 2.24) is 10.2 Å². The van der Waals surface area contributed by atoms with Crippen LogP contribution in [-0.4, -0.2) is 49.5 Å². The lowest BCUT2D eigenvalue weighted by Crippen LogP contribution is -2.54. The second-order valence-electron chi connectivity index (χ2n) is 11.4. The van der Waals surface area contributed by atoms with Crippen LogP contribution in [0.15, 0.2) is 78.9 Å². The molecule has 0 fully saturated rings. The van der Waals surface area contributed by atoms with E-state index in [4.69, 9.17) is 11.6 Å². The van der Waals surface area contributed by atoms with Gasteiger partial charge in [-0.3, -0.25) is 13.9 Å². The molecule has 41 heavy (non-hydrogen) atoms. The Hall–Kier alpha value is -3.36. The van der Waals surface area contributed by atoms with E-state index < -0.39 is 21.6 Å². The molecule has 0 saturated carbocycles. The van der Waals surface area contributed by atoms with Crippen LogP contribution < -0.4 is 9.62 Å². The zero-order valence-corrected chi connectivity index (χ0v) is 26.0. The summed E-state index contributed by atoms with van der Waals surface area (Å²) in [6.45, 7) is 7.99. The van der Waals surface area contributed by atoms with Crippen molar-refractivity contribution in [1.29, 1.82) is 0 Å². The summed E-state index contributed by atoms with van der Waals surface area (Å²) in [7, 11) is -3.56. The van der Waals surface area contributed by atoms with Crippen LogP contribution in [0.5, 0.6) is 0 Å². The van der Waals surface area contributed by atoms with Crippen molar-refractivity contribution < 1.29 is 18.0 Å². The van der Waals surface area contributed by atoms with Crippen molar-refractivity contribution in [3.8, 4) is 0 Å². The van der Waals surface area contributed by atoms with E-state index in [1.165, 1.54) is 4.31 Å². The van der Waals surface area contributed by atoms with Crippen molar-refractivity contribution >= 4 is 39.1 Å². The maximum Gasteiger partial charge on any atom is 0.243 e. The molecule has 220 valence electrons. The second kappa shape index (κ2) is 14.0. The molecule has 0 aliphatic heterocycles. The molecule has 0 saturated heterocycles. The molecule has 3 aromatic rings. The van der Waals surface area contributed by atoms with Crippen molar-refractivity contribution in [2.24, 2.45) is 0 Å². The van der Waals surface area contributed by atoms with Gasteiger partial charge in [-0.15, -0.1) is 0 Å². The summed E-state index contributed by atoms with van der Waals surface area (Å²) >= 11 is 6.10. The van der Waals surface area contributed by atoms with Gasteiger partial charge in [0.1, 0.15) is 6.04 Å². The summed E-state index contributed by atoms with van der Waals surface area (Å²) in [6.07, 6.45) is 1.85. The molecule has 1 unspecified atom stereocenters. The smallest absolute Gasteiger partial charge is 0.243 e. The first-order chi connectivity index (χ1) is 19.2. The Bertz CT molecular complexity index is 1400. The van der Waals surface area contributed by atoms with Crippen molar-refractivity contribution in [3.05, 3.63) is 101 Å². The van der Waals surface area contributed by atoms with E-state index in [9.17, 15) is 18.0 Å². The van der Waals surface area contributed by atoms with Gasteiger partial charge in [0.05, 0.1) is 11.9 Å². The summed E-state index contributed by atoms with van der Waals surface area (Å²) in [5, 5.41) is 3.63. The van der Waals surface area contributed by atoms with Crippen LogP contribution in [0.3, 0.4) is 0 Å². The third-order valence-corrected chi connectivity index (χ3v) is 7.96. The fourth-order valence-corrected chi connectivity index (χ4v) is 5.60. The lowest BCUT2D eigenvalue weighted by atomic mass is 10.00. The highest BCUT2D eigenvalue weighted by atomic mass is 35.5. The van der Waals surface area contributed by atoms with Crippen LogP contribution in [0, 0.1) is 6.92 Å². The minimum atomic E-state index is -3.56. The molecule has 0 bridgehead atoms. The Labute approximate surface area is 249 Å². The fraction of sp³-hybridized carbons (Fsp3) is 0.375. The van der Waals surface area contributed by atoms with Gasteiger partial charge in [0.15, 0.2) is 0 Å². The van der Waals surface area contributed by atoms with Gasteiger partial charge in [0.2, 0.25) is 21.8 Å². The van der Waals surface area contributed by atoms with Crippen molar-refractivity contribution in [2.75, 3.05) is 17.1 Å². The van der Waals surface area contributed by atoms with Crippen LogP contribution in [0.25, 0.3) is 0 Å². The number of nitrogens with zero attached hydrogens (tertiary/aromatic N) is 2. The Morgan fingerprint density at radius 2 is 1.51 bits per heavy atom. The molecule has 0 aliphatic carbocycles. The standard InChI is InChI=1S/C32H40ClN3O4S/c1-24-13-19-28(20-14-24)36(41(5,39)40)21-9-12-30(37)35(23-26-15-17-27(33)18-16-26)29(31(38)34-32(2,3)4)22-25-10-7-6-8-11-25/h6-8,10-11,13-20,29H,9,12,21-23H2,1-5H3,(H,34,38). The zero-order valence-electron chi connectivity index (χ0n) is 24.4. The maximum absolute atomic E-state index is 13.9. The first-order valence-electron chi connectivity index (χ1n) is 13.7. The maximum atomic E-state index is 13.9. The topological polar surface area (TPSA) is 86.8 Å². The Kier molecular flexibility index (Phi) is 11.0. The number of amides is 2. The first-order valence-corrected chi connectivity index (χ1v) is 15.9. The lowest BCUT2D eigenvalue weighted by Gasteiger charge is -2.34. The second-order valence-corrected chi connectivity index (χ2v) is 13.7. The minimum Gasteiger partial charge on any atom is -0.350 e. The highest BCUT2D eigenvalue weighted by molar-refractivity contribution is 7.92. The molecule has 9 heteroatoms. The van der Waals surface area contributed by atoms with Crippen LogP contribution in [-0.2, 0) is 32.6 Å². The Morgan fingerprint density at radius 1 is 0.902 bits per heavy atom. The minimum absolute atomic E-state index is 0.0690. The van der Waals surface area contributed by atoms with Gasteiger partial charge in [-0.1, -0.05) is 71.8 Å². The number of sulfonamides is 1. The van der Waals surface area contributed by atoms with Crippen LogP contribution in [0.2, 0.25) is 5.02 Å². The van der Waals surface area contributed by atoms with E-state index >= 15 is 0 Å². The molecule has 1 N–H and O–H groups in total. The molecular formula is C32H40ClN3O4S. The quantitative estimate of drug-likeness (QED) is 0.288. The average Bonchev–Trinajstić information content (AvgIpc) is 2.89. The van der Waals surface area contributed by atoms with Crippen LogP contribution in [0.4, 0.5) is 5.69 Å². The van der Waals surface area contributed by atoms with Gasteiger partial charge >= 0.3 is 0 Å². The first kappa shape index (κ1) is 32.2. The summed E-state index contributed by atoms with van der Waals surface area (Å²) in [4.78, 5) is 29.2. The average molecular weight is 598 g/mol. The van der Waals surface area contributed by atoms with Crippen molar-refractivity contribution in [2.45, 2.75) is 65.1 Å². The number of nitrogens with one attached hydrogen (secondary N) is 1. The highest BCUT2D eigenvalue weighted by Gasteiger charge is 2.32. The molecule has 0 radical (unpaired) electrons. The molecule has 3 rings (SSSR count). The third kappa shape index (κ3) is 10.2. The van der Waals surface area contributed by atoms with Crippen LogP contribution >= 0.6 is 11.6 Å². The van der Waals surface area contributed by atoms with E-state index in [-0.39, 0.29) is 37.7 Å². The predicted molar refractivity (Wildman–Crippen MR) is 166 cm³/mol. The molecule has 7 nitrogen and oxygen atoms in total. The highest BCUT2D eigenvalue weighted by Crippen LogP contribution is 2.21. The molecule has 0 aromatic heterocycles. The molecule has 0 spiro atoms. The summed E-state index contributed by atoms with van der Waals surface area (Å²) in [6, 6.07) is 23.3. The largest absolute Gasteiger partial charge is 0.350 e. The summed E-state index contributed by atoms with van der Waals surface area (Å²) in [5.41, 5.74) is 2.84. The molecule has 1 atom stereocenters. The van der Waals surface area contributed by atoms with Gasteiger partial charge in [-0.2, -0.15) is 0 Å². The molecular weight excluding hydrogens is 558 g/mol. The number of anilines is 1. The van der Waals surface area contributed by atoms with Gasteiger partial charge in [-0.25, -0.2) is 8.42 Å². The van der Waals surface area contributed by atoms with Crippen molar-refractivity contribution in [3.63, 3.8) is 0 Å². The molecule has 3 aromatic carbocycles. The van der Waals surface area contributed by atoms with E-state index in [1.54, 1.807) is 29.2 Å². The number of carbonyl (C=O) groups is 2. The number of benzene rings is 3. The summed E-state index contributed by atoms with van der Waals surface area (Å²) < 4.78 is 26.5. The number of hydrogen-bond acceptors (Lipinski definition) is 4. The van der Waals surface area contributed by atoms with E-state index in [0.29, 0.717) is 17.1 Å². The van der Waals surface area contributed by atoms with E-state index in [2.05, 4.69) is 5.32 Å². The lowest BCUT2D eigenvalue weighted by molar-refractivity contribution is -0.142. The SMILES string of the molecule is Cc1ccc(N(CCCC(=O)N(Cc2ccc(Cl)cc2)C(Cc2ccccc2)C(=O)NC(C)(C)C)S(C)(=O)=O)cc1. The number of carbonyl (C=O) groups excluding carboxylic acids is 2. The van der Waals surface area contributed by atoms with Gasteiger partial charge in [0, 0.05) is 36.5 Å². The van der Waals surface area contributed by atoms with Gasteiger partial charge < -0.3 is 10.2 Å². The number of aryl methyl sites for hydroxylation is 1. The van der Waals surface area contributed by atoms with E-state index in [0.717, 1.165) is 22.9 Å². The third-order valence-electron chi connectivity index (χ3n) is 6.51. The van der Waals surface area contributed by atoms with Crippen LogP contribution in [0.1, 0.15) is 50.3 Å². The van der Waals surface area contributed by atoms with Gasteiger partial charge in [-0.05, 0) is 69.5 Å². The fourth-order valence-electron chi connectivity index (χ4n) is 4.51. The Morgan fingerprint density at radius 3 is 2.07 bits per heavy atom. The van der Waals surface area contributed by atoms with Gasteiger partial charge in [0.25, 0.3) is 0 Å². The molecule has 0 heterocycles. The number of halogens is 1. The van der Waals surface area contributed by atoms with E-state index in [1.807, 2.05) is 82.3 Å². The number of rotatable bonds is 12. The molecule has 2 amide bonds. The zero-order chi connectivity index (χ0) is 30.2. The molecule has 0 aliphatic rings. The Balaban J connectivity index is 1.89. The predicted octanol–water partition coefficient (Wildman–Crippen LogP) is 5.75. The number of hydrogen-bond donors (Lipinski definition) is 1.